The lowest BCUT2D eigenvalue weighted by Gasteiger charge is -2.46. The first-order chi connectivity index (χ1) is 17.4. The summed E-state index contributed by atoms with van der Waals surface area (Å²) in [7, 11) is 2.79. The van der Waals surface area contributed by atoms with Crippen molar-refractivity contribution in [3.63, 3.8) is 0 Å². The molecule has 2 aliphatic heterocycles. The first-order valence-corrected chi connectivity index (χ1v) is 11.9. The number of methoxy groups -OCH3 is 2. The molecule has 1 saturated heterocycles. The van der Waals surface area contributed by atoms with Crippen LogP contribution in [0.15, 0.2) is 35.4 Å². The first kappa shape index (κ1) is 25.7. The average molecular weight is 514 g/mol. The molecule has 0 saturated carbocycles. The highest BCUT2D eigenvalue weighted by Crippen LogP contribution is 2.50. The predicted octanol–water partition coefficient (Wildman–Crippen LogP) is 1.03. The van der Waals surface area contributed by atoms with Crippen molar-refractivity contribution in [3.05, 3.63) is 52.2 Å². The van der Waals surface area contributed by atoms with Gasteiger partial charge in [-0.05, 0) is 19.1 Å². The van der Waals surface area contributed by atoms with E-state index >= 15 is 0 Å². The summed E-state index contributed by atoms with van der Waals surface area (Å²) < 4.78 is 11.5. The van der Waals surface area contributed by atoms with E-state index in [1.165, 1.54) is 25.1 Å². The molecule has 36 heavy (non-hydrogen) atoms. The number of ether oxygens (including phenoxy) is 2. The Labute approximate surface area is 214 Å². The van der Waals surface area contributed by atoms with E-state index in [0.717, 1.165) is 0 Å². The monoisotopic (exact) mass is 513 g/mol. The number of fused-ring (bicyclic) bond motifs is 1. The number of alkyl halides is 1. The van der Waals surface area contributed by atoms with Crippen molar-refractivity contribution in [2.24, 2.45) is 0 Å². The second-order valence-electron chi connectivity index (χ2n) is 8.41. The van der Waals surface area contributed by atoms with Gasteiger partial charge in [0.05, 0.1) is 39.3 Å². The van der Waals surface area contributed by atoms with Crippen molar-refractivity contribution in [2.45, 2.75) is 24.5 Å². The number of hydrogen-bond donors (Lipinski definition) is 1. The van der Waals surface area contributed by atoms with Gasteiger partial charge in [0.2, 0.25) is 0 Å². The molecule has 1 aromatic heterocycles. The first-order valence-electron chi connectivity index (χ1n) is 11.5. The Morgan fingerprint density at radius 2 is 2.03 bits per heavy atom. The molecule has 2 aliphatic rings. The molecular formula is C25H28ClN5O5. The molecule has 3 heterocycles. The minimum absolute atomic E-state index is 0.0924. The quantitative estimate of drug-likeness (QED) is 0.191. The number of nitrogens with one attached hydrogen (secondary N) is 1. The van der Waals surface area contributed by atoms with E-state index in [2.05, 4.69) is 22.1 Å². The van der Waals surface area contributed by atoms with Crippen molar-refractivity contribution >= 4 is 29.0 Å². The van der Waals surface area contributed by atoms with Crippen LogP contribution >= 0.6 is 11.6 Å². The summed E-state index contributed by atoms with van der Waals surface area (Å²) in [5.41, 5.74) is 0.266. The van der Waals surface area contributed by atoms with Gasteiger partial charge >= 0.3 is 5.97 Å². The van der Waals surface area contributed by atoms with Crippen LogP contribution < -0.4 is 20.5 Å². The minimum atomic E-state index is -1.44. The molecule has 11 heteroatoms. The van der Waals surface area contributed by atoms with E-state index < -0.39 is 22.6 Å². The summed E-state index contributed by atoms with van der Waals surface area (Å²) in [5.74, 6) is 4.39. The van der Waals surface area contributed by atoms with Crippen LogP contribution in [0.4, 0.5) is 5.69 Å². The van der Waals surface area contributed by atoms with E-state index in [9.17, 15) is 14.4 Å². The molecule has 190 valence electrons. The second kappa shape index (κ2) is 10.7. The third-order valence-electron chi connectivity index (χ3n) is 6.45. The molecule has 2 aromatic rings. The molecule has 2 unspecified atom stereocenters. The van der Waals surface area contributed by atoms with Gasteiger partial charge in [0, 0.05) is 31.7 Å². The van der Waals surface area contributed by atoms with Crippen LogP contribution in [0.2, 0.25) is 0 Å². The van der Waals surface area contributed by atoms with E-state index in [4.69, 9.17) is 21.1 Å². The number of anilines is 1. The van der Waals surface area contributed by atoms with Crippen LogP contribution in [0.25, 0.3) is 0 Å². The van der Waals surface area contributed by atoms with Crippen molar-refractivity contribution in [2.75, 3.05) is 51.8 Å². The van der Waals surface area contributed by atoms with E-state index in [-0.39, 0.29) is 30.3 Å². The number of hydrogen-bond acceptors (Lipinski definition) is 9. The Hall–Kier alpha value is -3.39. The van der Waals surface area contributed by atoms with Gasteiger partial charge in [-0.2, -0.15) is 0 Å². The number of aromatic nitrogens is 2. The van der Waals surface area contributed by atoms with Gasteiger partial charge in [0.25, 0.3) is 5.56 Å². The SMILES string of the molecule is CC#CCN1c2c(ncn(CC(=O)c3cccc(OC)c3)c2=O)C(C(=O)OC)C1(Cl)N1CCNCC1. The molecule has 1 N–H and O–H groups in total. The van der Waals surface area contributed by atoms with Crippen LogP contribution in [0.1, 0.15) is 28.9 Å². The standard InChI is InChI=1S/C25H28ClN5O5/c1-4-5-11-31-22-21(20(24(34)36-3)25(31,26)30-12-9-27-10-13-30)28-16-29(23(22)33)15-19(32)17-7-6-8-18(14-17)35-2/h6-8,14,16,20,27H,9-13,15H2,1-3H3. The Balaban J connectivity index is 1.80. The molecule has 0 spiro atoms. The molecule has 10 nitrogen and oxygen atoms in total. The number of carbonyl (C=O) groups is 2. The maximum Gasteiger partial charge on any atom is 0.320 e. The number of ketones is 1. The van der Waals surface area contributed by atoms with Crippen LogP contribution in [0.5, 0.6) is 5.75 Å². The molecule has 4 rings (SSSR count). The largest absolute Gasteiger partial charge is 0.497 e. The summed E-state index contributed by atoms with van der Waals surface area (Å²) in [6.07, 6.45) is 1.28. The Kier molecular flexibility index (Phi) is 7.64. The number of esters is 1. The lowest BCUT2D eigenvalue weighted by Crippen LogP contribution is -2.63. The van der Waals surface area contributed by atoms with Crippen LogP contribution in [0, 0.1) is 11.8 Å². The summed E-state index contributed by atoms with van der Waals surface area (Å²) in [4.78, 5) is 47.8. The fraction of sp³-hybridized carbons (Fsp3) is 0.440. The maximum atomic E-state index is 13.8. The molecule has 1 fully saturated rings. The number of nitrogens with zero attached hydrogens (tertiary/aromatic N) is 4. The molecule has 0 amide bonds. The van der Waals surface area contributed by atoms with Gasteiger partial charge < -0.3 is 19.7 Å². The zero-order valence-corrected chi connectivity index (χ0v) is 21.2. The predicted molar refractivity (Wildman–Crippen MR) is 134 cm³/mol. The summed E-state index contributed by atoms with van der Waals surface area (Å²) in [6.45, 7) is 3.95. The molecular weight excluding hydrogens is 486 g/mol. The second-order valence-corrected chi connectivity index (χ2v) is 8.97. The maximum absolute atomic E-state index is 13.8. The topological polar surface area (TPSA) is 106 Å². The molecule has 0 bridgehead atoms. The third kappa shape index (κ3) is 4.46. The van der Waals surface area contributed by atoms with E-state index in [1.54, 1.807) is 36.1 Å². The average Bonchev–Trinajstić information content (AvgIpc) is 3.18. The van der Waals surface area contributed by atoms with Gasteiger partial charge in [0.1, 0.15) is 11.4 Å². The van der Waals surface area contributed by atoms with E-state index in [1.807, 2.05) is 4.90 Å². The number of piperazine rings is 1. The van der Waals surface area contributed by atoms with Crippen molar-refractivity contribution in [3.8, 4) is 17.6 Å². The molecule has 2 atom stereocenters. The van der Waals surface area contributed by atoms with Crippen molar-refractivity contribution in [1.29, 1.82) is 0 Å². The lowest BCUT2D eigenvalue weighted by atomic mass is 10.0. The van der Waals surface area contributed by atoms with Gasteiger partial charge in [0.15, 0.2) is 16.8 Å². The van der Waals surface area contributed by atoms with Crippen LogP contribution in [-0.2, 0) is 16.1 Å². The zero-order valence-electron chi connectivity index (χ0n) is 20.4. The normalized spacial score (nSPS) is 21.3. The fourth-order valence-corrected chi connectivity index (χ4v) is 5.16. The highest BCUT2D eigenvalue weighted by molar-refractivity contribution is 6.28. The van der Waals surface area contributed by atoms with Gasteiger partial charge in [-0.15, -0.1) is 5.92 Å². The summed E-state index contributed by atoms with van der Waals surface area (Å²) >= 11 is 7.30. The Morgan fingerprint density at radius 1 is 1.28 bits per heavy atom. The number of carbonyl (C=O) groups excluding carboxylic acids is 2. The van der Waals surface area contributed by atoms with Gasteiger partial charge in [-0.1, -0.05) is 29.7 Å². The van der Waals surface area contributed by atoms with Crippen LogP contribution in [-0.4, -0.2) is 78.3 Å². The number of benzene rings is 1. The Morgan fingerprint density at radius 3 is 2.69 bits per heavy atom. The van der Waals surface area contributed by atoms with Gasteiger partial charge in [-0.25, -0.2) is 4.98 Å². The fourth-order valence-electron chi connectivity index (χ4n) is 4.66. The minimum Gasteiger partial charge on any atom is -0.497 e. The number of rotatable bonds is 7. The van der Waals surface area contributed by atoms with Crippen LogP contribution in [0.3, 0.4) is 0 Å². The number of halogens is 1. The van der Waals surface area contributed by atoms with Gasteiger partial charge in [-0.3, -0.25) is 23.9 Å². The lowest BCUT2D eigenvalue weighted by molar-refractivity contribution is -0.145. The molecule has 0 aliphatic carbocycles. The number of Topliss-reactive ketones (excluding diaryl/α,β-unsaturated/α-hetero) is 1. The molecule has 0 radical (unpaired) electrons. The third-order valence-corrected chi connectivity index (χ3v) is 7.11. The summed E-state index contributed by atoms with van der Waals surface area (Å²) in [5, 5.41) is 1.83. The smallest absolute Gasteiger partial charge is 0.320 e. The van der Waals surface area contributed by atoms with Crippen molar-refractivity contribution in [1.82, 2.24) is 19.8 Å². The highest BCUT2D eigenvalue weighted by Gasteiger charge is 2.60. The highest BCUT2D eigenvalue weighted by atomic mass is 35.5. The summed E-state index contributed by atoms with van der Waals surface area (Å²) in [6, 6.07) is 6.70. The zero-order chi connectivity index (χ0) is 25.9. The van der Waals surface area contributed by atoms with Crippen molar-refractivity contribution < 1.29 is 19.1 Å². The molecule has 1 aromatic carbocycles. The Bertz CT molecular complexity index is 1280. The van der Waals surface area contributed by atoms with E-state index in [0.29, 0.717) is 37.5 Å².